The number of carbonyl (C=O) groups excluding carboxylic acids is 1. The lowest BCUT2D eigenvalue weighted by Gasteiger charge is -2.30. The van der Waals surface area contributed by atoms with Gasteiger partial charge in [0.05, 0.1) is 39.9 Å². The standard InChI is InChI=1S/C43H85N2O6P/c1-6-8-10-12-14-16-18-20-21-22-23-25-26-28-30-32-34-36-42(46)41(40-51-52(48,49)50-39-38-45(3,4)5)44-43(47)37-35-33-31-29-27-24-19-17-15-13-11-9-7-2/h24,27,31,33,41-42,46H,6-23,25-26,28-30,32,34-40H2,1-5H3,(H-,44,47,48,49)/b27-24-,33-31-. The molecule has 0 aliphatic rings. The van der Waals surface area contributed by atoms with E-state index in [2.05, 4.69) is 37.4 Å². The molecule has 0 heterocycles. The summed E-state index contributed by atoms with van der Waals surface area (Å²) in [5.74, 6) is -0.231. The largest absolute Gasteiger partial charge is 0.756 e. The van der Waals surface area contributed by atoms with E-state index >= 15 is 0 Å². The van der Waals surface area contributed by atoms with Gasteiger partial charge in [-0.05, 0) is 32.1 Å². The highest BCUT2D eigenvalue weighted by molar-refractivity contribution is 7.45. The van der Waals surface area contributed by atoms with Gasteiger partial charge in [-0.1, -0.05) is 179 Å². The molecule has 9 heteroatoms. The van der Waals surface area contributed by atoms with Gasteiger partial charge in [-0.15, -0.1) is 0 Å². The maximum atomic E-state index is 12.8. The Morgan fingerprint density at radius 3 is 1.60 bits per heavy atom. The van der Waals surface area contributed by atoms with Gasteiger partial charge in [-0.3, -0.25) is 9.36 Å². The van der Waals surface area contributed by atoms with Crippen LogP contribution in [0.5, 0.6) is 0 Å². The van der Waals surface area contributed by atoms with Gasteiger partial charge in [0, 0.05) is 6.42 Å². The van der Waals surface area contributed by atoms with E-state index < -0.39 is 20.0 Å². The average molecular weight is 757 g/mol. The van der Waals surface area contributed by atoms with Crippen LogP contribution >= 0.6 is 7.82 Å². The van der Waals surface area contributed by atoms with Gasteiger partial charge in [-0.2, -0.15) is 0 Å². The lowest BCUT2D eigenvalue weighted by molar-refractivity contribution is -0.870. The van der Waals surface area contributed by atoms with Crippen molar-refractivity contribution in [1.29, 1.82) is 0 Å². The molecule has 0 aromatic heterocycles. The lowest BCUT2D eigenvalue weighted by atomic mass is 10.0. The fourth-order valence-corrected chi connectivity index (χ4v) is 6.93. The Kier molecular flexibility index (Phi) is 35.0. The molecule has 0 bridgehead atoms. The first-order valence-electron chi connectivity index (χ1n) is 21.7. The maximum absolute atomic E-state index is 12.8. The van der Waals surface area contributed by atoms with Crippen LogP contribution in [-0.2, 0) is 18.4 Å². The van der Waals surface area contributed by atoms with Gasteiger partial charge in [0.2, 0.25) is 5.91 Å². The van der Waals surface area contributed by atoms with Crippen molar-refractivity contribution in [2.24, 2.45) is 0 Å². The van der Waals surface area contributed by atoms with Gasteiger partial charge in [-0.25, -0.2) is 0 Å². The Morgan fingerprint density at radius 2 is 1.12 bits per heavy atom. The summed E-state index contributed by atoms with van der Waals surface area (Å²) >= 11 is 0. The summed E-state index contributed by atoms with van der Waals surface area (Å²) in [5, 5.41) is 13.8. The molecule has 308 valence electrons. The zero-order chi connectivity index (χ0) is 38.6. The van der Waals surface area contributed by atoms with Crippen molar-refractivity contribution in [2.75, 3.05) is 40.9 Å². The monoisotopic (exact) mass is 757 g/mol. The second kappa shape index (κ2) is 35.7. The number of aliphatic hydroxyl groups is 1. The van der Waals surface area contributed by atoms with Gasteiger partial charge >= 0.3 is 0 Å². The summed E-state index contributed by atoms with van der Waals surface area (Å²) in [6.07, 6.45) is 40.5. The smallest absolute Gasteiger partial charge is 0.268 e. The number of likely N-dealkylation sites (N-methyl/N-ethyl adjacent to an activating group) is 1. The molecule has 0 aliphatic carbocycles. The molecule has 0 radical (unpaired) electrons. The van der Waals surface area contributed by atoms with Crippen LogP contribution in [0.25, 0.3) is 0 Å². The summed E-state index contributed by atoms with van der Waals surface area (Å²) in [6.45, 7) is 4.66. The number of aliphatic hydroxyl groups excluding tert-OH is 1. The van der Waals surface area contributed by atoms with E-state index in [4.69, 9.17) is 9.05 Å². The van der Waals surface area contributed by atoms with E-state index in [0.717, 1.165) is 32.1 Å². The summed E-state index contributed by atoms with van der Waals surface area (Å²) in [7, 11) is 1.27. The van der Waals surface area contributed by atoms with E-state index in [9.17, 15) is 19.4 Å². The molecular weight excluding hydrogens is 671 g/mol. The third-order valence-electron chi connectivity index (χ3n) is 9.71. The number of phosphoric ester groups is 1. The van der Waals surface area contributed by atoms with E-state index in [1.807, 2.05) is 27.2 Å². The molecule has 52 heavy (non-hydrogen) atoms. The zero-order valence-electron chi connectivity index (χ0n) is 34.8. The van der Waals surface area contributed by atoms with Crippen LogP contribution < -0.4 is 10.2 Å². The molecular formula is C43H85N2O6P. The molecule has 8 nitrogen and oxygen atoms in total. The Balaban J connectivity index is 4.44. The predicted molar refractivity (Wildman–Crippen MR) is 219 cm³/mol. The average Bonchev–Trinajstić information content (AvgIpc) is 3.09. The molecule has 1 amide bonds. The summed E-state index contributed by atoms with van der Waals surface area (Å²) < 4.78 is 23.2. The molecule has 2 N–H and O–H groups in total. The van der Waals surface area contributed by atoms with Crippen molar-refractivity contribution in [3.63, 3.8) is 0 Å². The molecule has 3 unspecified atom stereocenters. The number of nitrogens with one attached hydrogen (secondary N) is 1. The number of allylic oxidation sites excluding steroid dienone is 4. The molecule has 0 rings (SSSR count). The highest BCUT2D eigenvalue weighted by atomic mass is 31.2. The second-order valence-electron chi connectivity index (χ2n) is 16.1. The first kappa shape index (κ1) is 51.0. The molecule has 0 saturated carbocycles. The number of quaternary nitrogens is 1. The Morgan fingerprint density at radius 1 is 0.673 bits per heavy atom. The number of rotatable bonds is 39. The van der Waals surface area contributed by atoms with Crippen molar-refractivity contribution >= 4 is 13.7 Å². The van der Waals surface area contributed by atoms with Crippen LogP contribution in [0.4, 0.5) is 0 Å². The number of hydrogen-bond donors (Lipinski definition) is 2. The van der Waals surface area contributed by atoms with Crippen molar-refractivity contribution in [1.82, 2.24) is 5.32 Å². The number of amides is 1. The van der Waals surface area contributed by atoms with E-state index in [-0.39, 0.29) is 25.5 Å². The Labute approximate surface area is 322 Å². The van der Waals surface area contributed by atoms with Crippen LogP contribution in [0, 0.1) is 0 Å². The topological polar surface area (TPSA) is 108 Å². The van der Waals surface area contributed by atoms with Crippen molar-refractivity contribution in [3.05, 3.63) is 24.3 Å². The maximum Gasteiger partial charge on any atom is 0.268 e. The first-order valence-corrected chi connectivity index (χ1v) is 23.1. The number of hydrogen-bond acceptors (Lipinski definition) is 6. The minimum absolute atomic E-state index is 0.00365. The van der Waals surface area contributed by atoms with Gasteiger partial charge < -0.3 is 28.8 Å². The van der Waals surface area contributed by atoms with Crippen molar-refractivity contribution in [3.8, 4) is 0 Å². The number of unbranched alkanes of at least 4 members (excludes halogenated alkanes) is 22. The molecule has 0 aromatic carbocycles. The second-order valence-corrected chi connectivity index (χ2v) is 17.5. The molecule has 0 saturated heterocycles. The SMILES string of the molecule is CCCCCCCC/C=C\C/C=C\CCC(=O)NC(COP(=O)([O-])OCC[N+](C)(C)C)C(O)CCCCCCCCCCCCCCCCCCC. The van der Waals surface area contributed by atoms with Crippen LogP contribution in [0.3, 0.4) is 0 Å². The number of phosphoric acid groups is 1. The molecule has 0 spiro atoms. The minimum atomic E-state index is -4.57. The quantitative estimate of drug-likeness (QED) is 0.0280. The van der Waals surface area contributed by atoms with Crippen molar-refractivity contribution in [2.45, 2.75) is 206 Å². The molecule has 3 atom stereocenters. The normalized spacial score (nSPS) is 14.7. The van der Waals surface area contributed by atoms with Crippen LogP contribution in [0.15, 0.2) is 24.3 Å². The van der Waals surface area contributed by atoms with E-state index in [0.29, 0.717) is 23.9 Å². The summed E-state index contributed by atoms with van der Waals surface area (Å²) in [4.78, 5) is 25.2. The minimum Gasteiger partial charge on any atom is -0.756 e. The lowest BCUT2D eigenvalue weighted by Crippen LogP contribution is -2.46. The zero-order valence-corrected chi connectivity index (χ0v) is 35.7. The number of carbonyl (C=O) groups is 1. The number of nitrogens with zero attached hydrogens (tertiary/aromatic N) is 1. The van der Waals surface area contributed by atoms with Crippen LogP contribution in [0.2, 0.25) is 0 Å². The van der Waals surface area contributed by atoms with Gasteiger partial charge in [0.15, 0.2) is 0 Å². The van der Waals surface area contributed by atoms with Crippen molar-refractivity contribution < 1.29 is 32.9 Å². The first-order chi connectivity index (χ1) is 25.0. The summed E-state index contributed by atoms with van der Waals surface area (Å²) in [6, 6.07) is -0.827. The Hall–Kier alpha value is -1.02. The van der Waals surface area contributed by atoms with E-state index in [1.54, 1.807) is 0 Å². The highest BCUT2D eigenvalue weighted by Gasteiger charge is 2.24. The van der Waals surface area contributed by atoms with Gasteiger partial charge in [0.25, 0.3) is 7.82 Å². The molecule has 0 aromatic rings. The van der Waals surface area contributed by atoms with Crippen LogP contribution in [0.1, 0.15) is 194 Å². The third kappa shape index (κ3) is 37.3. The highest BCUT2D eigenvalue weighted by Crippen LogP contribution is 2.38. The van der Waals surface area contributed by atoms with E-state index in [1.165, 1.54) is 128 Å². The third-order valence-corrected chi connectivity index (χ3v) is 10.7. The molecule has 0 aliphatic heterocycles. The molecule has 0 fully saturated rings. The van der Waals surface area contributed by atoms with Crippen LogP contribution in [-0.4, -0.2) is 68.5 Å². The predicted octanol–water partition coefficient (Wildman–Crippen LogP) is 11.1. The fourth-order valence-electron chi connectivity index (χ4n) is 6.21. The van der Waals surface area contributed by atoms with Gasteiger partial charge in [0.1, 0.15) is 13.2 Å². The Bertz CT molecular complexity index is 907. The summed E-state index contributed by atoms with van der Waals surface area (Å²) in [5.41, 5.74) is 0. The fraction of sp³-hybridized carbons (Fsp3) is 0.884.